The minimum atomic E-state index is -0.770. The number of carbonyl (C=O) groups excluding carboxylic acids is 3. The molecule has 0 aromatic rings. The van der Waals surface area contributed by atoms with Crippen molar-refractivity contribution in [3.05, 3.63) is 48.6 Å². The summed E-state index contributed by atoms with van der Waals surface area (Å²) in [5, 5.41) is 0. The van der Waals surface area contributed by atoms with Crippen LogP contribution in [0.25, 0.3) is 0 Å². The van der Waals surface area contributed by atoms with Gasteiger partial charge in [-0.05, 0) is 83.5 Å². The Hall–Kier alpha value is -2.63. The zero-order chi connectivity index (χ0) is 55.7. The van der Waals surface area contributed by atoms with Crippen molar-refractivity contribution in [2.45, 2.75) is 374 Å². The van der Waals surface area contributed by atoms with Gasteiger partial charge in [0.05, 0.1) is 0 Å². The third-order valence-corrected chi connectivity index (χ3v) is 15.3. The van der Waals surface area contributed by atoms with E-state index in [1.54, 1.807) is 0 Å². The standard InChI is InChI=1S/C71H130O6/c1-4-7-10-13-16-19-21-23-25-27-29-30-31-32-33-34-35-36-37-38-39-40-42-43-45-47-49-52-55-58-61-64-70(73)76-67-68(66-75-69(72)63-60-57-54-51-18-15-12-9-6-3)77-71(74)65-62-59-56-53-50-48-46-44-41-28-26-24-22-20-17-14-11-8-5-2/h21,23-24,26-27,29,31-32,68H,4-20,22,25,28,30,33-67H2,1-3H3/b23-21-,26-24-,29-27-,32-31-. The van der Waals surface area contributed by atoms with Crippen molar-refractivity contribution in [1.82, 2.24) is 0 Å². The Labute approximate surface area is 479 Å². The van der Waals surface area contributed by atoms with Crippen molar-refractivity contribution in [2.24, 2.45) is 0 Å². The molecule has 77 heavy (non-hydrogen) atoms. The predicted octanol–water partition coefficient (Wildman–Crippen LogP) is 23.3. The summed E-state index contributed by atoms with van der Waals surface area (Å²) in [6.45, 7) is 6.66. The molecule has 0 aliphatic carbocycles. The topological polar surface area (TPSA) is 78.9 Å². The van der Waals surface area contributed by atoms with Crippen LogP contribution in [-0.2, 0) is 28.6 Å². The third kappa shape index (κ3) is 64.1. The number of esters is 3. The molecular formula is C71H130O6. The van der Waals surface area contributed by atoms with E-state index in [0.717, 1.165) is 70.6 Å². The van der Waals surface area contributed by atoms with Gasteiger partial charge in [-0.1, -0.05) is 313 Å². The highest BCUT2D eigenvalue weighted by Crippen LogP contribution is 2.18. The minimum absolute atomic E-state index is 0.0691. The number of unbranched alkanes of at least 4 members (excludes halogenated alkanes) is 44. The van der Waals surface area contributed by atoms with Gasteiger partial charge in [0.1, 0.15) is 13.2 Å². The first-order valence-corrected chi connectivity index (χ1v) is 34.1. The average Bonchev–Trinajstić information content (AvgIpc) is 3.43. The van der Waals surface area contributed by atoms with E-state index in [4.69, 9.17) is 14.2 Å². The quantitative estimate of drug-likeness (QED) is 0.0261. The largest absolute Gasteiger partial charge is 0.462 e. The highest BCUT2D eigenvalue weighted by molar-refractivity contribution is 5.71. The van der Waals surface area contributed by atoms with E-state index in [1.165, 1.54) is 257 Å². The summed E-state index contributed by atoms with van der Waals surface area (Å²) < 4.78 is 16.9. The van der Waals surface area contributed by atoms with Gasteiger partial charge in [-0.25, -0.2) is 0 Å². The van der Waals surface area contributed by atoms with E-state index in [9.17, 15) is 14.4 Å². The molecule has 0 aliphatic heterocycles. The second-order valence-electron chi connectivity index (χ2n) is 23.1. The molecule has 0 N–H and O–H groups in total. The first kappa shape index (κ1) is 74.4. The lowest BCUT2D eigenvalue weighted by molar-refractivity contribution is -0.167. The van der Waals surface area contributed by atoms with Crippen LogP contribution in [-0.4, -0.2) is 37.2 Å². The number of allylic oxidation sites excluding steroid dienone is 8. The monoisotopic (exact) mass is 1080 g/mol. The molecule has 0 bridgehead atoms. The maximum Gasteiger partial charge on any atom is 0.306 e. The van der Waals surface area contributed by atoms with Crippen molar-refractivity contribution in [3.8, 4) is 0 Å². The lowest BCUT2D eigenvalue weighted by atomic mass is 10.0. The van der Waals surface area contributed by atoms with Gasteiger partial charge in [-0.3, -0.25) is 14.4 Å². The van der Waals surface area contributed by atoms with Crippen molar-refractivity contribution >= 4 is 17.9 Å². The van der Waals surface area contributed by atoms with E-state index < -0.39 is 6.10 Å². The van der Waals surface area contributed by atoms with E-state index >= 15 is 0 Å². The lowest BCUT2D eigenvalue weighted by Crippen LogP contribution is -2.30. The highest BCUT2D eigenvalue weighted by Gasteiger charge is 2.19. The summed E-state index contributed by atoms with van der Waals surface area (Å²) in [5.41, 5.74) is 0. The molecular weight excluding hydrogens is 949 g/mol. The summed E-state index contributed by atoms with van der Waals surface area (Å²) in [7, 11) is 0. The zero-order valence-electron chi connectivity index (χ0n) is 51.7. The second kappa shape index (κ2) is 65.9. The van der Waals surface area contributed by atoms with Gasteiger partial charge in [0.2, 0.25) is 0 Å². The first-order chi connectivity index (χ1) is 38.0. The summed E-state index contributed by atoms with van der Waals surface area (Å²) in [4.78, 5) is 38.2. The van der Waals surface area contributed by atoms with Gasteiger partial charge in [-0.15, -0.1) is 0 Å². The second-order valence-corrected chi connectivity index (χ2v) is 23.1. The molecule has 1 atom stereocenters. The molecule has 0 rings (SSSR count). The Morgan fingerprint density at radius 3 is 0.740 bits per heavy atom. The fourth-order valence-corrected chi connectivity index (χ4v) is 10.2. The molecule has 6 heteroatoms. The van der Waals surface area contributed by atoms with Crippen molar-refractivity contribution < 1.29 is 28.6 Å². The Balaban J connectivity index is 4.09. The molecule has 0 heterocycles. The fourth-order valence-electron chi connectivity index (χ4n) is 10.2. The van der Waals surface area contributed by atoms with Gasteiger partial charge in [-0.2, -0.15) is 0 Å². The van der Waals surface area contributed by atoms with Crippen LogP contribution in [0.15, 0.2) is 48.6 Å². The molecule has 0 saturated carbocycles. The van der Waals surface area contributed by atoms with Crippen LogP contribution >= 0.6 is 0 Å². The van der Waals surface area contributed by atoms with Crippen molar-refractivity contribution in [2.75, 3.05) is 13.2 Å². The van der Waals surface area contributed by atoms with Crippen LogP contribution in [0.5, 0.6) is 0 Å². The normalized spacial score (nSPS) is 12.3. The van der Waals surface area contributed by atoms with Gasteiger partial charge >= 0.3 is 17.9 Å². The zero-order valence-corrected chi connectivity index (χ0v) is 51.7. The lowest BCUT2D eigenvalue weighted by Gasteiger charge is -2.18. The molecule has 0 aromatic carbocycles. The number of ether oxygens (including phenoxy) is 3. The van der Waals surface area contributed by atoms with Crippen molar-refractivity contribution in [1.29, 1.82) is 0 Å². The average molecular weight is 1080 g/mol. The fraction of sp³-hybridized carbons (Fsp3) is 0.845. The molecule has 0 radical (unpaired) electrons. The molecule has 0 saturated heterocycles. The number of hydrogen-bond acceptors (Lipinski definition) is 6. The number of carbonyl (C=O) groups is 3. The molecule has 0 fully saturated rings. The third-order valence-electron chi connectivity index (χ3n) is 15.3. The van der Waals surface area contributed by atoms with Gasteiger partial charge in [0, 0.05) is 19.3 Å². The van der Waals surface area contributed by atoms with Crippen LogP contribution < -0.4 is 0 Å². The summed E-state index contributed by atoms with van der Waals surface area (Å²) in [6, 6.07) is 0. The van der Waals surface area contributed by atoms with Gasteiger partial charge in [0.15, 0.2) is 6.10 Å². The van der Waals surface area contributed by atoms with E-state index in [1.807, 2.05) is 0 Å². The van der Waals surface area contributed by atoms with Crippen LogP contribution in [0.3, 0.4) is 0 Å². The SMILES string of the molecule is CCCCCCC/C=C\C/C=C\C/C=C\CCCCCCCCCCCCCCCCCCC(=O)OCC(COC(=O)CCCCCCCCCCC)OC(=O)CCCCCCCCCCC/C=C\CCCCCCCC. The van der Waals surface area contributed by atoms with Gasteiger partial charge in [0.25, 0.3) is 0 Å². The Kier molecular flexibility index (Phi) is 63.6. The Morgan fingerprint density at radius 2 is 0.468 bits per heavy atom. The summed E-state index contributed by atoms with van der Waals surface area (Å²) in [6.07, 6.45) is 82.9. The smallest absolute Gasteiger partial charge is 0.306 e. The molecule has 1 unspecified atom stereocenters. The van der Waals surface area contributed by atoms with Crippen molar-refractivity contribution in [3.63, 3.8) is 0 Å². The number of hydrogen-bond donors (Lipinski definition) is 0. The van der Waals surface area contributed by atoms with Crippen LogP contribution in [0.4, 0.5) is 0 Å². The summed E-state index contributed by atoms with van der Waals surface area (Å²) >= 11 is 0. The van der Waals surface area contributed by atoms with E-state index in [2.05, 4.69) is 69.4 Å². The first-order valence-electron chi connectivity index (χ1n) is 34.1. The summed E-state index contributed by atoms with van der Waals surface area (Å²) in [5.74, 6) is -0.852. The molecule has 0 aliphatic rings. The molecule has 0 amide bonds. The molecule has 0 aromatic heterocycles. The maximum absolute atomic E-state index is 12.9. The molecule has 450 valence electrons. The maximum atomic E-state index is 12.9. The van der Waals surface area contributed by atoms with E-state index in [0.29, 0.717) is 19.3 Å². The molecule has 0 spiro atoms. The van der Waals surface area contributed by atoms with Gasteiger partial charge < -0.3 is 14.2 Å². The number of rotatable bonds is 63. The van der Waals surface area contributed by atoms with E-state index in [-0.39, 0.29) is 31.1 Å². The Morgan fingerprint density at radius 1 is 0.260 bits per heavy atom. The molecule has 6 nitrogen and oxygen atoms in total. The highest BCUT2D eigenvalue weighted by atomic mass is 16.6. The Bertz CT molecular complexity index is 1330. The van der Waals surface area contributed by atoms with Crippen LogP contribution in [0.2, 0.25) is 0 Å². The predicted molar refractivity (Wildman–Crippen MR) is 335 cm³/mol. The minimum Gasteiger partial charge on any atom is -0.462 e. The van der Waals surface area contributed by atoms with Crippen LogP contribution in [0.1, 0.15) is 367 Å². The van der Waals surface area contributed by atoms with Crippen LogP contribution in [0, 0.1) is 0 Å².